The Morgan fingerprint density at radius 2 is 2.12 bits per heavy atom. The predicted octanol–water partition coefficient (Wildman–Crippen LogP) is 1.83. The Balaban J connectivity index is 1.64. The molecule has 1 heterocycles. The number of aliphatic hydroxyl groups is 1. The van der Waals surface area contributed by atoms with Crippen molar-refractivity contribution < 1.29 is 24.2 Å². The van der Waals surface area contributed by atoms with Crippen LogP contribution in [0.2, 0.25) is 0 Å². The van der Waals surface area contributed by atoms with Crippen LogP contribution in [-0.4, -0.2) is 35.9 Å². The lowest BCUT2D eigenvalue weighted by atomic mass is 9.54. The third-order valence-electron chi connectivity index (χ3n) is 9.56. The molecule has 0 aromatic heterocycles. The van der Waals surface area contributed by atoms with Crippen molar-refractivity contribution in [3.63, 3.8) is 0 Å². The highest BCUT2D eigenvalue weighted by molar-refractivity contribution is 5.88. The largest absolute Gasteiger partial charge is 0.469 e. The highest BCUT2D eigenvalue weighted by Crippen LogP contribution is 2.98. The van der Waals surface area contributed by atoms with Gasteiger partial charge in [0.15, 0.2) is 0 Å². The van der Waals surface area contributed by atoms with Crippen molar-refractivity contribution in [2.24, 2.45) is 39.9 Å². The Bertz CT molecular complexity index is 774. The van der Waals surface area contributed by atoms with E-state index in [1.54, 1.807) is 0 Å². The van der Waals surface area contributed by atoms with E-state index in [0.717, 1.165) is 19.3 Å². The van der Waals surface area contributed by atoms with Gasteiger partial charge in [-0.2, -0.15) is 0 Å². The Kier molecular flexibility index (Phi) is 2.18. The third kappa shape index (κ3) is 1.03. The van der Waals surface area contributed by atoms with E-state index in [2.05, 4.69) is 6.58 Å². The van der Waals surface area contributed by atoms with Gasteiger partial charge in [-0.25, -0.2) is 0 Å². The summed E-state index contributed by atoms with van der Waals surface area (Å²) in [4.78, 5) is 25.9. The second-order valence-corrected chi connectivity index (χ2v) is 9.55. The molecule has 7 rings (SSSR count). The van der Waals surface area contributed by atoms with Crippen molar-refractivity contribution in [3.05, 3.63) is 12.2 Å². The number of aliphatic hydroxyl groups excluding tert-OH is 1. The van der Waals surface area contributed by atoms with E-state index >= 15 is 0 Å². The summed E-state index contributed by atoms with van der Waals surface area (Å²) in [5, 5.41) is 10.7. The first-order chi connectivity index (χ1) is 11.8. The van der Waals surface area contributed by atoms with Crippen molar-refractivity contribution in [1.29, 1.82) is 0 Å². The Labute approximate surface area is 146 Å². The number of carbonyl (C=O) groups excluding carboxylic acids is 2. The van der Waals surface area contributed by atoms with Gasteiger partial charge >= 0.3 is 11.9 Å². The number of fused-ring (bicyclic) bond motifs is 1. The lowest BCUT2D eigenvalue weighted by Gasteiger charge is -2.48. The van der Waals surface area contributed by atoms with Gasteiger partial charge in [0.1, 0.15) is 5.60 Å². The number of allylic oxidation sites excluding steroid dienone is 1. The van der Waals surface area contributed by atoms with Crippen molar-refractivity contribution in [2.75, 3.05) is 7.11 Å². The van der Waals surface area contributed by atoms with Crippen LogP contribution in [0.25, 0.3) is 0 Å². The fraction of sp³-hybridized carbons (Fsp3) is 0.800. The molecule has 7 aliphatic rings. The van der Waals surface area contributed by atoms with Gasteiger partial charge in [-0.1, -0.05) is 12.2 Å². The summed E-state index contributed by atoms with van der Waals surface area (Å²) < 4.78 is 11.4. The van der Waals surface area contributed by atoms with E-state index in [9.17, 15) is 14.7 Å². The van der Waals surface area contributed by atoms with E-state index < -0.39 is 17.1 Å². The van der Waals surface area contributed by atoms with E-state index in [1.807, 2.05) is 6.92 Å². The summed E-state index contributed by atoms with van der Waals surface area (Å²) in [6.45, 7) is 6.19. The van der Waals surface area contributed by atoms with Crippen LogP contribution in [0.4, 0.5) is 0 Å². The highest BCUT2D eigenvalue weighted by atomic mass is 16.6. The first kappa shape index (κ1) is 14.8. The van der Waals surface area contributed by atoms with E-state index in [-0.39, 0.29) is 40.5 Å². The number of hydrogen-bond donors (Lipinski definition) is 1. The molecule has 0 radical (unpaired) electrons. The van der Waals surface area contributed by atoms with Gasteiger partial charge in [0, 0.05) is 16.7 Å². The lowest BCUT2D eigenvalue weighted by Crippen LogP contribution is -2.56. The van der Waals surface area contributed by atoms with Crippen LogP contribution in [0.15, 0.2) is 12.2 Å². The normalized spacial score (nSPS) is 62.3. The van der Waals surface area contributed by atoms with Gasteiger partial charge in [-0.15, -0.1) is 0 Å². The van der Waals surface area contributed by atoms with E-state index in [1.165, 1.54) is 12.7 Å². The molecular formula is C20H24O5. The molecule has 5 heteroatoms. The number of esters is 2. The van der Waals surface area contributed by atoms with Gasteiger partial charge < -0.3 is 14.6 Å². The number of carbonyl (C=O) groups is 2. The molecule has 1 N–H and O–H groups in total. The Morgan fingerprint density at radius 3 is 2.84 bits per heavy atom. The van der Waals surface area contributed by atoms with Crippen LogP contribution in [0.5, 0.6) is 0 Å². The highest BCUT2D eigenvalue weighted by Gasteiger charge is 3.01. The van der Waals surface area contributed by atoms with Gasteiger partial charge in [0.25, 0.3) is 0 Å². The van der Waals surface area contributed by atoms with Crippen LogP contribution in [0.1, 0.15) is 39.0 Å². The predicted molar refractivity (Wildman–Crippen MR) is 86.0 cm³/mol. The lowest BCUT2D eigenvalue weighted by molar-refractivity contribution is -0.161. The molecule has 9 atom stereocenters. The van der Waals surface area contributed by atoms with Crippen LogP contribution < -0.4 is 0 Å². The third-order valence-corrected chi connectivity index (χ3v) is 9.56. The minimum Gasteiger partial charge on any atom is -0.469 e. The fourth-order valence-corrected chi connectivity index (χ4v) is 8.98. The first-order valence-electron chi connectivity index (χ1n) is 9.51. The van der Waals surface area contributed by atoms with Crippen LogP contribution in [0, 0.1) is 39.9 Å². The van der Waals surface area contributed by atoms with Crippen LogP contribution in [-0.2, 0) is 19.1 Å². The average molecular weight is 344 g/mol. The summed E-state index contributed by atoms with van der Waals surface area (Å²) in [5.41, 5.74) is -0.653. The molecule has 134 valence electrons. The summed E-state index contributed by atoms with van der Waals surface area (Å²) in [7, 11) is 1.43. The molecule has 0 amide bonds. The maximum Gasteiger partial charge on any atom is 0.315 e. The summed E-state index contributed by atoms with van der Waals surface area (Å²) in [6.07, 6.45) is 3.52. The van der Waals surface area contributed by atoms with E-state index in [4.69, 9.17) is 9.47 Å². The number of hydrogen-bond acceptors (Lipinski definition) is 5. The maximum atomic E-state index is 13.0. The van der Waals surface area contributed by atoms with Crippen molar-refractivity contribution in [1.82, 2.24) is 0 Å². The van der Waals surface area contributed by atoms with E-state index in [0.29, 0.717) is 18.8 Å². The van der Waals surface area contributed by atoms with Crippen molar-refractivity contribution in [3.8, 4) is 0 Å². The molecule has 6 bridgehead atoms. The topological polar surface area (TPSA) is 72.8 Å². The maximum absolute atomic E-state index is 13.0. The molecule has 5 nitrogen and oxygen atoms in total. The molecule has 2 spiro atoms. The summed E-state index contributed by atoms with van der Waals surface area (Å²) in [5.74, 6) is -0.418. The van der Waals surface area contributed by atoms with Crippen molar-refractivity contribution >= 4 is 11.9 Å². The van der Waals surface area contributed by atoms with Gasteiger partial charge in [0.2, 0.25) is 0 Å². The molecule has 0 aromatic carbocycles. The number of methoxy groups -OCH3 is 1. The SMILES string of the molecule is C=C1C2[C@@]34CC[C@@H]1C[C@@]23[C@@H](C(=O)OC)[C@@H]1[C@]2(C)C(=O)O[C@@]14CC[C@H]2O. The summed E-state index contributed by atoms with van der Waals surface area (Å²) >= 11 is 0. The Hall–Kier alpha value is -1.36. The first-order valence-corrected chi connectivity index (χ1v) is 9.51. The molecule has 6 saturated carbocycles. The summed E-state index contributed by atoms with van der Waals surface area (Å²) in [6, 6.07) is 0. The second kappa shape index (κ2) is 3.68. The quantitative estimate of drug-likeness (QED) is 0.580. The molecule has 7 fully saturated rings. The zero-order chi connectivity index (χ0) is 17.6. The second-order valence-electron chi connectivity index (χ2n) is 9.55. The zero-order valence-corrected chi connectivity index (χ0v) is 14.7. The standard InChI is InChI=1S/C20H24O5/c1-9-10-4-6-19-13(9)18(19,8-10)12(15(22)24-3)14-17(2)11(21)5-7-20(14,19)25-16(17)23/h10-14,21H,1,4-8H2,2-3H3/t10-,11-,12-,13?,14-,17-,18-,19+,20+/m1/s1. The molecular weight excluding hydrogens is 320 g/mol. The molecule has 1 saturated heterocycles. The van der Waals surface area contributed by atoms with Gasteiger partial charge in [-0.05, 0) is 50.9 Å². The Morgan fingerprint density at radius 1 is 1.36 bits per heavy atom. The minimum absolute atomic E-state index is 0.150. The fourth-order valence-electron chi connectivity index (χ4n) is 8.98. The van der Waals surface area contributed by atoms with Crippen molar-refractivity contribution in [2.45, 2.75) is 50.7 Å². The molecule has 0 aromatic rings. The smallest absolute Gasteiger partial charge is 0.315 e. The number of ether oxygens (including phenoxy) is 2. The molecule has 6 aliphatic carbocycles. The molecule has 1 unspecified atom stereocenters. The van der Waals surface area contributed by atoms with Gasteiger partial charge in [0.05, 0.1) is 24.5 Å². The molecule has 1 aliphatic heterocycles. The van der Waals surface area contributed by atoms with Gasteiger partial charge in [-0.3, -0.25) is 9.59 Å². The molecule has 25 heavy (non-hydrogen) atoms. The average Bonchev–Trinajstić information content (AvgIpc) is 2.97. The monoisotopic (exact) mass is 344 g/mol. The number of rotatable bonds is 1. The van der Waals surface area contributed by atoms with Crippen LogP contribution >= 0.6 is 0 Å². The van der Waals surface area contributed by atoms with Crippen LogP contribution in [0.3, 0.4) is 0 Å². The zero-order valence-electron chi connectivity index (χ0n) is 14.7. The minimum atomic E-state index is -0.999.